The first kappa shape index (κ1) is 15.7. The summed E-state index contributed by atoms with van der Waals surface area (Å²) in [6.45, 7) is 6.43. The van der Waals surface area contributed by atoms with Crippen LogP contribution in [0, 0.1) is 19.8 Å². The maximum absolute atomic E-state index is 12.2. The van der Waals surface area contributed by atoms with E-state index >= 15 is 0 Å². The van der Waals surface area contributed by atoms with Gasteiger partial charge in [-0.2, -0.15) is 0 Å². The molecule has 0 saturated carbocycles. The quantitative estimate of drug-likeness (QED) is 0.786. The van der Waals surface area contributed by atoms with Crippen LogP contribution in [-0.4, -0.2) is 34.2 Å². The number of aryl methyl sites for hydroxylation is 2. The van der Waals surface area contributed by atoms with Crippen molar-refractivity contribution in [2.45, 2.75) is 20.3 Å². The van der Waals surface area contributed by atoms with Gasteiger partial charge in [-0.15, -0.1) is 4.57 Å². The number of nitrogens with one attached hydrogen (secondary N) is 1. The van der Waals surface area contributed by atoms with E-state index in [1.165, 1.54) is 4.57 Å². The van der Waals surface area contributed by atoms with Gasteiger partial charge in [-0.1, -0.05) is 6.07 Å². The Balaban J connectivity index is 1.44. The molecule has 4 rings (SSSR count). The Kier molecular flexibility index (Phi) is 3.91. The van der Waals surface area contributed by atoms with Crippen LogP contribution >= 0.6 is 0 Å². The van der Waals surface area contributed by atoms with Gasteiger partial charge in [0.15, 0.2) is 5.65 Å². The zero-order valence-corrected chi connectivity index (χ0v) is 14.4. The fourth-order valence-electron chi connectivity index (χ4n) is 3.27. The lowest BCUT2D eigenvalue weighted by atomic mass is 10.1. The van der Waals surface area contributed by atoms with Crippen molar-refractivity contribution < 1.29 is 4.52 Å². The average molecular weight is 339 g/mol. The maximum Gasteiger partial charge on any atom is 0.289 e. The van der Waals surface area contributed by atoms with E-state index < -0.39 is 0 Å². The molecule has 1 atom stereocenters. The Hall–Kier alpha value is -2.83. The Labute approximate surface area is 145 Å². The second kappa shape index (κ2) is 6.23. The van der Waals surface area contributed by atoms with Gasteiger partial charge in [0.2, 0.25) is 0 Å². The lowest BCUT2D eigenvalue weighted by Crippen LogP contribution is -2.25. The Morgan fingerprint density at radius 1 is 1.28 bits per heavy atom. The second-order valence-corrected chi connectivity index (χ2v) is 6.60. The van der Waals surface area contributed by atoms with Gasteiger partial charge in [0.1, 0.15) is 17.4 Å². The summed E-state index contributed by atoms with van der Waals surface area (Å²) in [6, 6.07) is 9.31. The van der Waals surface area contributed by atoms with Crippen molar-refractivity contribution in [2.24, 2.45) is 5.92 Å². The number of nitrogens with zero attached hydrogens (tertiary/aromatic N) is 4. The number of anilines is 2. The minimum absolute atomic E-state index is 0.182. The zero-order valence-electron chi connectivity index (χ0n) is 14.4. The van der Waals surface area contributed by atoms with Crippen LogP contribution in [0.15, 0.2) is 39.6 Å². The molecule has 1 aliphatic heterocycles. The first-order valence-corrected chi connectivity index (χ1v) is 8.52. The number of hydrogen-bond acceptors (Lipinski definition) is 6. The minimum Gasteiger partial charge on any atom is -0.375 e. The van der Waals surface area contributed by atoms with E-state index in [1.807, 2.05) is 32.0 Å². The molecule has 7 nitrogen and oxygen atoms in total. The predicted molar refractivity (Wildman–Crippen MR) is 96.2 cm³/mol. The van der Waals surface area contributed by atoms with Gasteiger partial charge in [0.05, 0.1) is 0 Å². The molecule has 1 fully saturated rings. The summed E-state index contributed by atoms with van der Waals surface area (Å²) in [5.41, 5.74) is 1.38. The average Bonchev–Trinajstić information content (AvgIpc) is 3.19. The molecule has 0 radical (unpaired) electrons. The first-order chi connectivity index (χ1) is 12.1. The Bertz CT molecular complexity index is 961. The second-order valence-electron chi connectivity index (χ2n) is 6.60. The van der Waals surface area contributed by atoms with Crippen LogP contribution in [0.4, 0.5) is 11.6 Å². The van der Waals surface area contributed by atoms with Gasteiger partial charge in [0.25, 0.3) is 5.56 Å². The molecule has 7 heteroatoms. The highest BCUT2D eigenvalue weighted by Gasteiger charge is 2.24. The van der Waals surface area contributed by atoms with Crippen molar-refractivity contribution >= 4 is 17.3 Å². The smallest absolute Gasteiger partial charge is 0.289 e. The fraction of sp³-hybridized carbons (Fsp3) is 0.389. The fourth-order valence-corrected chi connectivity index (χ4v) is 3.27. The van der Waals surface area contributed by atoms with E-state index in [9.17, 15) is 4.79 Å². The van der Waals surface area contributed by atoms with Crippen molar-refractivity contribution in [1.82, 2.24) is 14.5 Å². The van der Waals surface area contributed by atoms with Gasteiger partial charge >= 0.3 is 0 Å². The van der Waals surface area contributed by atoms with E-state index in [0.29, 0.717) is 17.3 Å². The third-order valence-electron chi connectivity index (χ3n) is 4.53. The third kappa shape index (κ3) is 3.22. The van der Waals surface area contributed by atoms with Crippen molar-refractivity contribution in [3.8, 4) is 0 Å². The number of fused-ring (bicyclic) bond motifs is 1. The van der Waals surface area contributed by atoms with Crippen LogP contribution in [0.5, 0.6) is 0 Å². The van der Waals surface area contributed by atoms with Crippen LogP contribution in [0.2, 0.25) is 0 Å². The summed E-state index contributed by atoms with van der Waals surface area (Å²) >= 11 is 0. The van der Waals surface area contributed by atoms with E-state index in [2.05, 4.69) is 20.2 Å². The monoisotopic (exact) mass is 339 g/mol. The van der Waals surface area contributed by atoms with Crippen LogP contribution in [0.1, 0.15) is 17.9 Å². The largest absolute Gasteiger partial charge is 0.375 e. The lowest BCUT2D eigenvalue weighted by molar-refractivity contribution is 0.345. The highest BCUT2D eigenvalue weighted by Crippen LogP contribution is 2.22. The molecule has 4 heterocycles. The summed E-state index contributed by atoms with van der Waals surface area (Å²) in [5, 5.41) is 3.40. The Morgan fingerprint density at radius 2 is 2.16 bits per heavy atom. The number of rotatable bonds is 4. The van der Waals surface area contributed by atoms with Crippen molar-refractivity contribution in [3.63, 3.8) is 0 Å². The van der Waals surface area contributed by atoms with Gasteiger partial charge < -0.3 is 14.7 Å². The summed E-state index contributed by atoms with van der Waals surface area (Å²) in [4.78, 5) is 23.4. The topological polar surface area (TPSA) is 75.7 Å². The molecule has 0 unspecified atom stereocenters. The summed E-state index contributed by atoms with van der Waals surface area (Å²) in [7, 11) is 0. The van der Waals surface area contributed by atoms with Crippen LogP contribution in [0.3, 0.4) is 0 Å². The highest BCUT2D eigenvalue weighted by molar-refractivity contribution is 5.48. The summed E-state index contributed by atoms with van der Waals surface area (Å²) in [6.07, 6.45) is 1.06. The van der Waals surface area contributed by atoms with E-state index in [1.54, 1.807) is 12.1 Å². The number of hydrogen-bond donors (Lipinski definition) is 1. The molecule has 25 heavy (non-hydrogen) atoms. The van der Waals surface area contributed by atoms with E-state index in [-0.39, 0.29) is 5.56 Å². The molecule has 0 aromatic carbocycles. The van der Waals surface area contributed by atoms with Gasteiger partial charge in [-0.05, 0) is 38.3 Å². The molecule has 3 aromatic rings. The molecule has 0 aliphatic carbocycles. The predicted octanol–water partition coefficient (Wildman–Crippen LogP) is 2.24. The van der Waals surface area contributed by atoms with Gasteiger partial charge in [-0.3, -0.25) is 4.79 Å². The third-order valence-corrected chi connectivity index (χ3v) is 4.53. The lowest BCUT2D eigenvalue weighted by Gasteiger charge is -2.17. The molecule has 1 saturated heterocycles. The summed E-state index contributed by atoms with van der Waals surface area (Å²) < 4.78 is 6.57. The van der Waals surface area contributed by atoms with E-state index in [4.69, 9.17) is 4.52 Å². The standard InChI is InChI=1S/C18H21N5O2/c1-12-4-3-5-15(20-12)19-10-14-6-7-22(11-14)16-9-18(24)23-17(21-16)8-13(2)25-23/h3-5,8-9,14H,6-7,10-11H2,1-2H3,(H,19,20)/t14-/m1/s1. The van der Waals surface area contributed by atoms with Crippen molar-refractivity contribution in [1.29, 1.82) is 0 Å². The molecule has 0 amide bonds. The van der Waals surface area contributed by atoms with E-state index in [0.717, 1.165) is 43.4 Å². The van der Waals surface area contributed by atoms with Crippen LogP contribution in [-0.2, 0) is 0 Å². The highest BCUT2D eigenvalue weighted by atomic mass is 16.5. The zero-order chi connectivity index (χ0) is 17.4. The minimum atomic E-state index is -0.182. The molecule has 0 spiro atoms. The molecule has 130 valence electrons. The molecular weight excluding hydrogens is 318 g/mol. The molecular formula is C18H21N5O2. The normalized spacial score (nSPS) is 17.4. The molecule has 0 bridgehead atoms. The molecule has 1 N–H and O–H groups in total. The summed E-state index contributed by atoms with van der Waals surface area (Å²) in [5.74, 6) is 2.80. The SMILES string of the molecule is Cc1cccc(NC[C@H]2CCN(c3cc(=O)n4oc(C)cc4n3)C2)n1. The Morgan fingerprint density at radius 3 is 3.00 bits per heavy atom. The number of pyridine rings is 1. The van der Waals surface area contributed by atoms with Gasteiger partial charge in [0, 0.05) is 37.5 Å². The molecule has 1 aliphatic rings. The van der Waals surface area contributed by atoms with Crippen molar-refractivity contribution in [2.75, 3.05) is 29.9 Å². The maximum atomic E-state index is 12.2. The van der Waals surface area contributed by atoms with Gasteiger partial charge in [-0.25, -0.2) is 9.97 Å². The number of aromatic nitrogens is 3. The van der Waals surface area contributed by atoms with Crippen LogP contribution in [0.25, 0.3) is 5.65 Å². The van der Waals surface area contributed by atoms with Crippen LogP contribution < -0.4 is 15.8 Å². The van der Waals surface area contributed by atoms with Crippen molar-refractivity contribution in [3.05, 3.63) is 52.1 Å². The molecule has 3 aromatic heterocycles. The first-order valence-electron chi connectivity index (χ1n) is 8.52.